The monoisotopic (exact) mass is 401 g/mol. The van der Waals surface area contributed by atoms with Crippen molar-refractivity contribution in [2.75, 3.05) is 13.2 Å². The summed E-state index contributed by atoms with van der Waals surface area (Å²) in [7, 11) is 0. The molecule has 3 heterocycles. The molecule has 2 aliphatic rings. The molecule has 1 atom stereocenters. The van der Waals surface area contributed by atoms with Crippen LogP contribution in [0, 0.1) is 11.9 Å². The smallest absolute Gasteiger partial charge is 0.213 e. The van der Waals surface area contributed by atoms with Crippen molar-refractivity contribution in [1.82, 2.24) is 4.98 Å². The molecule has 2 aliphatic heterocycles. The summed E-state index contributed by atoms with van der Waals surface area (Å²) in [5, 5.41) is 0.371. The largest absolute Gasteiger partial charge is 0.384 e. The van der Waals surface area contributed by atoms with Crippen LogP contribution in [0.4, 0.5) is 4.39 Å². The molecule has 2 N–H and O–H groups in total. The Labute approximate surface area is 148 Å². The van der Waals surface area contributed by atoms with Crippen molar-refractivity contribution >= 4 is 33.2 Å². The lowest BCUT2D eigenvalue weighted by Gasteiger charge is -2.36. The minimum atomic E-state index is -0.582. The molecule has 124 valence electrons. The van der Waals surface area contributed by atoms with Gasteiger partial charge in [-0.2, -0.15) is 4.39 Å². The van der Waals surface area contributed by atoms with Crippen molar-refractivity contribution in [1.29, 1.82) is 0 Å². The third-order valence-corrected chi connectivity index (χ3v) is 5.65. The first-order valence-corrected chi connectivity index (χ1v) is 8.78. The Morgan fingerprint density at radius 3 is 2.91 bits per heavy atom. The van der Waals surface area contributed by atoms with E-state index in [1.165, 1.54) is 12.3 Å². The van der Waals surface area contributed by atoms with Gasteiger partial charge in [0.1, 0.15) is 5.82 Å². The summed E-state index contributed by atoms with van der Waals surface area (Å²) in [6.07, 6.45) is 6.79. The van der Waals surface area contributed by atoms with E-state index < -0.39 is 10.3 Å². The first-order chi connectivity index (χ1) is 11.0. The van der Waals surface area contributed by atoms with Gasteiger partial charge in [-0.25, -0.2) is 9.98 Å². The molecule has 7 heteroatoms. The predicted molar refractivity (Wildman–Crippen MR) is 92.4 cm³/mol. The number of hydrogen-bond acceptors (Lipinski definition) is 4. The molecule has 1 unspecified atom stereocenters. The summed E-state index contributed by atoms with van der Waals surface area (Å²) in [6.45, 7) is 1.56. The molecule has 0 aliphatic carbocycles. The number of hydrogen-bond donors (Lipinski definition) is 1. The van der Waals surface area contributed by atoms with Gasteiger partial charge >= 0.3 is 0 Å². The van der Waals surface area contributed by atoms with Gasteiger partial charge in [0, 0.05) is 31.0 Å². The van der Waals surface area contributed by atoms with Gasteiger partial charge in [-0.3, -0.25) is 0 Å². The van der Waals surface area contributed by atoms with Crippen LogP contribution in [0.2, 0.25) is 5.02 Å². The minimum absolute atomic E-state index is 0.371. The summed E-state index contributed by atoms with van der Waals surface area (Å²) < 4.78 is 18.6. The van der Waals surface area contributed by atoms with Gasteiger partial charge in [0.2, 0.25) is 5.95 Å². The second kappa shape index (κ2) is 6.87. The number of nitrogens with zero attached hydrogens (tertiary/aromatic N) is 2. The third kappa shape index (κ3) is 3.75. The van der Waals surface area contributed by atoms with Gasteiger partial charge in [0.15, 0.2) is 0 Å². The van der Waals surface area contributed by atoms with Crippen LogP contribution in [0.25, 0.3) is 0 Å². The van der Waals surface area contributed by atoms with Crippen LogP contribution < -0.4 is 5.73 Å². The van der Waals surface area contributed by atoms with E-state index in [1.807, 2.05) is 6.08 Å². The number of alkyl halides is 1. The average Bonchev–Trinajstić information content (AvgIpc) is 2.53. The van der Waals surface area contributed by atoms with E-state index in [4.69, 9.17) is 22.1 Å². The fourth-order valence-electron chi connectivity index (χ4n) is 3.12. The van der Waals surface area contributed by atoms with E-state index in [2.05, 4.69) is 25.9 Å². The van der Waals surface area contributed by atoms with Crippen molar-refractivity contribution in [3.05, 3.63) is 40.7 Å². The molecular weight excluding hydrogens is 385 g/mol. The van der Waals surface area contributed by atoms with Crippen molar-refractivity contribution in [3.8, 4) is 0 Å². The van der Waals surface area contributed by atoms with Crippen LogP contribution >= 0.6 is 27.5 Å². The van der Waals surface area contributed by atoms with Crippen LogP contribution in [-0.4, -0.2) is 28.2 Å². The number of pyridine rings is 1. The predicted octanol–water partition coefficient (Wildman–Crippen LogP) is 3.82. The molecule has 3 rings (SSSR count). The quantitative estimate of drug-likeness (QED) is 0.617. The molecule has 4 nitrogen and oxygen atoms in total. The topological polar surface area (TPSA) is 60.5 Å². The van der Waals surface area contributed by atoms with Crippen molar-refractivity contribution in [3.63, 3.8) is 0 Å². The van der Waals surface area contributed by atoms with Crippen molar-refractivity contribution in [2.24, 2.45) is 16.6 Å². The summed E-state index contributed by atoms with van der Waals surface area (Å²) >= 11 is 10.1. The van der Waals surface area contributed by atoms with Gasteiger partial charge in [-0.05, 0) is 37.7 Å². The molecular formula is C16H18BrClFN3O. The summed E-state index contributed by atoms with van der Waals surface area (Å²) in [4.78, 5) is 8.06. The molecule has 0 spiro atoms. The number of rotatable bonds is 3. The summed E-state index contributed by atoms with van der Waals surface area (Å²) in [6, 6.07) is 1.32. The summed E-state index contributed by atoms with van der Waals surface area (Å²) in [5.74, 6) is 0.364. The lowest BCUT2D eigenvalue weighted by Crippen LogP contribution is -2.38. The van der Waals surface area contributed by atoms with E-state index in [0.29, 0.717) is 34.5 Å². The highest BCUT2D eigenvalue weighted by Crippen LogP contribution is 2.41. The number of ether oxygens (including phenoxy) is 1. The van der Waals surface area contributed by atoms with E-state index >= 15 is 0 Å². The Bertz CT molecular complexity index is 661. The molecule has 0 radical (unpaired) electrons. The van der Waals surface area contributed by atoms with E-state index in [9.17, 15) is 4.39 Å². The maximum atomic E-state index is 13.6. The zero-order valence-corrected chi connectivity index (χ0v) is 14.9. The van der Waals surface area contributed by atoms with Gasteiger partial charge in [0.05, 0.1) is 15.1 Å². The highest BCUT2D eigenvalue weighted by atomic mass is 79.9. The van der Waals surface area contributed by atoms with Gasteiger partial charge in [-0.15, -0.1) is 0 Å². The Morgan fingerprint density at radius 1 is 1.43 bits per heavy atom. The van der Waals surface area contributed by atoms with Gasteiger partial charge in [-0.1, -0.05) is 27.5 Å². The Balaban J connectivity index is 1.95. The van der Waals surface area contributed by atoms with Crippen molar-refractivity contribution < 1.29 is 9.13 Å². The Kier molecular flexibility index (Phi) is 5.04. The SMILES string of the molecule is NC1=CCC(Br)(CC2CCOCC2)C(c2cc(F)ncc2Cl)=N1. The molecule has 0 amide bonds. The van der Waals surface area contributed by atoms with E-state index in [0.717, 1.165) is 32.5 Å². The minimum Gasteiger partial charge on any atom is -0.384 e. The molecule has 1 aromatic rings. The molecule has 1 saturated heterocycles. The van der Waals surface area contributed by atoms with Crippen LogP contribution in [0.5, 0.6) is 0 Å². The summed E-state index contributed by atoms with van der Waals surface area (Å²) in [5.41, 5.74) is 7.10. The molecule has 0 aromatic carbocycles. The van der Waals surface area contributed by atoms with Crippen molar-refractivity contribution in [2.45, 2.75) is 30.0 Å². The number of halogens is 3. The van der Waals surface area contributed by atoms with E-state index in [1.54, 1.807) is 0 Å². The fourth-order valence-corrected chi connectivity index (χ4v) is 4.24. The van der Waals surface area contributed by atoms with Crippen LogP contribution in [0.15, 0.2) is 29.2 Å². The normalized spacial score (nSPS) is 25.9. The molecule has 0 saturated carbocycles. The Hall–Kier alpha value is -0.980. The molecule has 1 aromatic heterocycles. The maximum Gasteiger partial charge on any atom is 0.213 e. The standard InChI is InChI=1S/C16H18BrClFN3O/c17-16(8-10-2-5-23-6-3-10)4-1-14(20)22-15(16)11-7-13(19)21-9-12(11)18/h1,7,9-10H,2-6,8,20H2. The fraction of sp³-hybridized carbons (Fsp3) is 0.500. The third-order valence-electron chi connectivity index (χ3n) is 4.33. The molecule has 1 fully saturated rings. The van der Waals surface area contributed by atoms with Gasteiger partial charge in [0.25, 0.3) is 0 Å². The number of allylic oxidation sites excluding steroid dienone is 1. The van der Waals surface area contributed by atoms with Crippen LogP contribution in [-0.2, 0) is 4.74 Å². The molecule has 0 bridgehead atoms. The first-order valence-electron chi connectivity index (χ1n) is 7.61. The van der Waals surface area contributed by atoms with E-state index in [-0.39, 0.29) is 0 Å². The average molecular weight is 403 g/mol. The maximum absolute atomic E-state index is 13.6. The number of aromatic nitrogens is 1. The first kappa shape index (κ1) is 16.9. The zero-order chi connectivity index (χ0) is 16.4. The lowest BCUT2D eigenvalue weighted by molar-refractivity contribution is 0.0627. The number of nitrogens with two attached hydrogens (primary N) is 1. The van der Waals surface area contributed by atoms with Gasteiger partial charge < -0.3 is 10.5 Å². The second-order valence-electron chi connectivity index (χ2n) is 6.01. The zero-order valence-electron chi connectivity index (χ0n) is 12.6. The highest BCUT2D eigenvalue weighted by molar-refractivity contribution is 9.10. The lowest BCUT2D eigenvalue weighted by atomic mass is 9.81. The Morgan fingerprint density at radius 2 is 2.17 bits per heavy atom. The highest BCUT2D eigenvalue weighted by Gasteiger charge is 2.39. The molecule has 23 heavy (non-hydrogen) atoms. The van der Waals surface area contributed by atoms with Crippen LogP contribution in [0.1, 0.15) is 31.2 Å². The number of aliphatic imine (C=N–C) groups is 1. The second-order valence-corrected chi connectivity index (χ2v) is 7.93. The van der Waals surface area contributed by atoms with Crippen LogP contribution in [0.3, 0.4) is 0 Å².